The summed E-state index contributed by atoms with van der Waals surface area (Å²) >= 11 is 0. The van der Waals surface area contributed by atoms with E-state index in [0.29, 0.717) is 17.0 Å². The third-order valence-corrected chi connectivity index (χ3v) is 3.50. The van der Waals surface area contributed by atoms with E-state index < -0.39 is 0 Å². The number of rotatable bonds is 4. The number of anilines is 1. The highest BCUT2D eigenvalue weighted by Crippen LogP contribution is 2.15. The Bertz CT molecular complexity index is 976. The fraction of sp³-hybridized carbons (Fsp3) is 0.250. The van der Waals surface area contributed by atoms with Crippen molar-refractivity contribution in [2.24, 2.45) is 7.05 Å². The molecule has 3 heterocycles. The Balaban J connectivity index is 1.83. The minimum atomic E-state index is -0.355. The summed E-state index contributed by atoms with van der Waals surface area (Å²) in [5, 5.41) is 11.8. The zero-order valence-electron chi connectivity index (χ0n) is 13.6. The van der Waals surface area contributed by atoms with Crippen molar-refractivity contribution in [2.75, 3.05) is 5.32 Å². The van der Waals surface area contributed by atoms with Gasteiger partial charge in [0, 0.05) is 42.4 Å². The van der Waals surface area contributed by atoms with Gasteiger partial charge >= 0.3 is 0 Å². The van der Waals surface area contributed by atoms with Crippen LogP contribution in [0.2, 0.25) is 0 Å². The number of hydrogen-bond donors (Lipinski definition) is 2. The Morgan fingerprint density at radius 3 is 2.88 bits per heavy atom. The number of carbonyl (C=O) groups excluding carboxylic acids is 1. The van der Waals surface area contributed by atoms with Crippen LogP contribution in [0.5, 0.6) is 0 Å². The van der Waals surface area contributed by atoms with E-state index in [4.69, 9.17) is 0 Å². The number of carbonyl (C=O) groups is 1. The molecule has 0 aliphatic carbocycles. The average molecular weight is 326 g/mol. The van der Waals surface area contributed by atoms with Crippen LogP contribution in [0.1, 0.15) is 25.5 Å². The van der Waals surface area contributed by atoms with Crippen molar-refractivity contribution >= 4 is 28.8 Å². The van der Waals surface area contributed by atoms with Crippen molar-refractivity contribution in [1.82, 2.24) is 24.5 Å². The van der Waals surface area contributed by atoms with Crippen LogP contribution in [-0.4, -0.2) is 30.5 Å². The molecular weight excluding hydrogens is 308 g/mol. The Hall–Kier alpha value is -3.16. The average Bonchev–Trinajstić information content (AvgIpc) is 3.10. The number of aryl methyl sites for hydroxylation is 1. The van der Waals surface area contributed by atoms with Crippen LogP contribution in [0.25, 0.3) is 17.1 Å². The number of H-pyrrole nitrogens is 1. The summed E-state index contributed by atoms with van der Waals surface area (Å²) in [6, 6.07) is 3.54. The van der Waals surface area contributed by atoms with Gasteiger partial charge in [0.25, 0.3) is 5.56 Å². The quantitative estimate of drug-likeness (QED) is 0.713. The Labute approximate surface area is 137 Å². The number of nitrogens with one attached hydrogen (secondary N) is 2. The number of amides is 1. The monoisotopic (exact) mass is 326 g/mol. The lowest BCUT2D eigenvalue weighted by Crippen LogP contribution is -2.13. The first-order valence-electron chi connectivity index (χ1n) is 7.53. The molecule has 3 rings (SSSR count). The van der Waals surface area contributed by atoms with Gasteiger partial charge in [-0.1, -0.05) is 0 Å². The fourth-order valence-corrected chi connectivity index (χ4v) is 2.35. The van der Waals surface area contributed by atoms with Gasteiger partial charge in [-0.15, -0.1) is 0 Å². The highest BCUT2D eigenvalue weighted by Gasteiger charge is 2.09. The summed E-state index contributed by atoms with van der Waals surface area (Å²) < 4.78 is 3.34. The predicted octanol–water partition coefficient (Wildman–Crippen LogP) is 1.69. The van der Waals surface area contributed by atoms with Crippen LogP contribution in [0.15, 0.2) is 35.4 Å². The second-order valence-corrected chi connectivity index (χ2v) is 5.74. The smallest absolute Gasteiger partial charge is 0.256 e. The van der Waals surface area contributed by atoms with E-state index in [2.05, 4.69) is 20.5 Å². The van der Waals surface area contributed by atoms with Gasteiger partial charge < -0.3 is 10.3 Å². The maximum absolute atomic E-state index is 12.2. The lowest BCUT2D eigenvalue weighted by Gasteiger charge is -2.06. The molecule has 0 fully saturated rings. The number of aromatic amines is 1. The van der Waals surface area contributed by atoms with Crippen molar-refractivity contribution in [3.63, 3.8) is 0 Å². The Kier molecular flexibility index (Phi) is 4.03. The third kappa shape index (κ3) is 3.12. The second-order valence-electron chi connectivity index (χ2n) is 5.74. The van der Waals surface area contributed by atoms with Crippen molar-refractivity contribution in [3.8, 4) is 0 Å². The molecule has 3 aromatic heterocycles. The van der Waals surface area contributed by atoms with E-state index in [1.165, 1.54) is 12.2 Å². The largest absolute Gasteiger partial charge is 0.306 e. The van der Waals surface area contributed by atoms with Crippen LogP contribution >= 0.6 is 0 Å². The molecule has 0 spiro atoms. The Morgan fingerprint density at radius 2 is 2.21 bits per heavy atom. The predicted molar refractivity (Wildman–Crippen MR) is 91.6 cm³/mol. The molecule has 0 unspecified atom stereocenters. The summed E-state index contributed by atoms with van der Waals surface area (Å²) in [5.41, 5.74) is 0.791. The van der Waals surface area contributed by atoms with Crippen LogP contribution in [0, 0.1) is 0 Å². The van der Waals surface area contributed by atoms with Crippen molar-refractivity contribution in [2.45, 2.75) is 19.9 Å². The molecule has 0 aromatic carbocycles. The highest BCUT2D eigenvalue weighted by atomic mass is 16.1. The lowest BCUT2D eigenvalue weighted by molar-refractivity contribution is -0.111. The lowest BCUT2D eigenvalue weighted by atomic mass is 10.2. The topological polar surface area (TPSA) is 97.6 Å². The van der Waals surface area contributed by atoms with E-state index in [0.717, 1.165) is 5.39 Å². The molecule has 0 saturated heterocycles. The van der Waals surface area contributed by atoms with E-state index in [1.54, 1.807) is 40.9 Å². The minimum Gasteiger partial charge on any atom is -0.306 e. The molecular formula is C16H18N6O2. The molecule has 8 heteroatoms. The van der Waals surface area contributed by atoms with Gasteiger partial charge in [0.2, 0.25) is 5.91 Å². The third-order valence-electron chi connectivity index (χ3n) is 3.50. The van der Waals surface area contributed by atoms with Gasteiger partial charge in [0.15, 0.2) is 5.82 Å². The number of fused-ring (bicyclic) bond motifs is 1. The van der Waals surface area contributed by atoms with Gasteiger partial charge in [0.05, 0.1) is 6.20 Å². The van der Waals surface area contributed by atoms with Gasteiger partial charge in [-0.05, 0) is 26.0 Å². The van der Waals surface area contributed by atoms with Crippen LogP contribution in [-0.2, 0) is 11.8 Å². The molecule has 0 saturated carbocycles. The van der Waals surface area contributed by atoms with Crippen molar-refractivity contribution in [3.05, 3.63) is 46.5 Å². The molecule has 0 aliphatic heterocycles. The first kappa shape index (κ1) is 15.7. The molecule has 2 N–H and O–H groups in total. The first-order valence-corrected chi connectivity index (χ1v) is 7.53. The summed E-state index contributed by atoms with van der Waals surface area (Å²) in [6.45, 7) is 3.97. The summed E-state index contributed by atoms with van der Waals surface area (Å²) in [4.78, 5) is 26.9. The number of aromatic nitrogens is 5. The summed E-state index contributed by atoms with van der Waals surface area (Å²) in [6.07, 6.45) is 6.20. The van der Waals surface area contributed by atoms with Crippen molar-refractivity contribution < 1.29 is 4.79 Å². The maximum Gasteiger partial charge on any atom is 0.256 e. The number of hydrogen-bond acceptors (Lipinski definition) is 4. The second kappa shape index (κ2) is 6.15. The minimum absolute atomic E-state index is 0.142. The van der Waals surface area contributed by atoms with Crippen LogP contribution in [0.4, 0.5) is 5.82 Å². The normalized spacial score (nSPS) is 11.7. The zero-order chi connectivity index (χ0) is 17.3. The SMILES string of the molecule is CC(C)n1ncc2cc(/C=C/C(=O)Nc3ccn(C)n3)c(=O)[nH]c21. The van der Waals surface area contributed by atoms with Crippen LogP contribution < -0.4 is 10.9 Å². The first-order chi connectivity index (χ1) is 11.4. The maximum atomic E-state index is 12.2. The molecule has 0 aliphatic rings. The summed E-state index contributed by atoms with van der Waals surface area (Å²) in [7, 11) is 1.76. The van der Waals surface area contributed by atoms with Crippen LogP contribution in [0.3, 0.4) is 0 Å². The molecule has 0 atom stereocenters. The standard InChI is InChI=1S/C16H18N6O2/c1-10(2)22-15-12(9-17-22)8-11(16(24)19-15)4-5-14(23)18-13-6-7-21(3)20-13/h4-10H,1-3H3,(H,19,24)(H,18,20,23)/b5-4+. The number of pyridine rings is 1. The van der Waals surface area contributed by atoms with E-state index in [1.807, 2.05) is 13.8 Å². The van der Waals surface area contributed by atoms with Gasteiger partial charge in [-0.25, -0.2) is 4.68 Å². The Morgan fingerprint density at radius 1 is 1.42 bits per heavy atom. The van der Waals surface area contributed by atoms with Gasteiger partial charge in [-0.3, -0.25) is 14.3 Å². The fourth-order valence-electron chi connectivity index (χ4n) is 2.35. The molecule has 3 aromatic rings. The summed E-state index contributed by atoms with van der Waals surface area (Å²) in [5.74, 6) is 0.0980. The van der Waals surface area contributed by atoms with Crippen molar-refractivity contribution in [1.29, 1.82) is 0 Å². The van der Waals surface area contributed by atoms with E-state index >= 15 is 0 Å². The van der Waals surface area contributed by atoms with Gasteiger partial charge in [-0.2, -0.15) is 10.2 Å². The highest BCUT2D eigenvalue weighted by molar-refractivity contribution is 6.01. The molecule has 1 amide bonds. The van der Waals surface area contributed by atoms with E-state index in [9.17, 15) is 9.59 Å². The molecule has 24 heavy (non-hydrogen) atoms. The van der Waals surface area contributed by atoms with E-state index in [-0.39, 0.29) is 17.5 Å². The van der Waals surface area contributed by atoms with Gasteiger partial charge in [0.1, 0.15) is 5.65 Å². The molecule has 0 radical (unpaired) electrons. The zero-order valence-corrected chi connectivity index (χ0v) is 13.6. The molecule has 124 valence electrons. The number of nitrogens with zero attached hydrogens (tertiary/aromatic N) is 4. The molecule has 0 bridgehead atoms. The molecule has 8 nitrogen and oxygen atoms in total.